The summed E-state index contributed by atoms with van der Waals surface area (Å²) in [5.41, 5.74) is -0.0887. The molecule has 1 aliphatic rings. The lowest BCUT2D eigenvalue weighted by Gasteiger charge is -2.20. The summed E-state index contributed by atoms with van der Waals surface area (Å²) in [7, 11) is 1.77. The van der Waals surface area contributed by atoms with Crippen LogP contribution in [0.4, 0.5) is 0 Å². The largest absolute Gasteiger partial charge is 0.381 e. The number of aromatic nitrogens is 3. The fourth-order valence-electron chi connectivity index (χ4n) is 2.07. The first-order valence-electron chi connectivity index (χ1n) is 5.85. The molecule has 2 heterocycles. The Labute approximate surface area is 100 Å². The molecule has 0 amide bonds. The first kappa shape index (κ1) is 11.9. The molecule has 5 nitrogen and oxygen atoms in total. The fraction of sp³-hybridized carbons (Fsp3) is 0.667. The summed E-state index contributed by atoms with van der Waals surface area (Å²) in [5, 5.41) is 4.38. The van der Waals surface area contributed by atoms with E-state index in [1.165, 1.54) is 4.68 Å². The normalized spacial score (nSPS) is 16.6. The van der Waals surface area contributed by atoms with Gasteiger partial charge in [0.05, 0.1) is 0 Å². The van der Waals surface area contributed by atoms with Crippen LogP contribution in [-0.2, 0) is 18.3 Å². The van der Waals surface area contributed by atoms with E-state index >= 15 is 0 Å². The maximum absolute atomic E-state index is 11.9. The molecule has 1 aliphatic heterocycles. The van der Waals surface area contributed by atoms with Gasteiger partial charge >= 0.3 is 5.69 Å². The van der Waals surface area contributed by atoms with Gasteiger partial charge in [-0.15, -0.1) is 5.92 Å². The van der Waals surface area contributed by atoms with Crippen LogP contribution in [0.25, 0.3) is 0 Å². The molecule has 0 N–H and O–H groups in total. The molecule has 0 radical (unpaired) electrons. The molecule has 0 aromatic carbocycles. The second-order valence-electron chi connectivity index (χ2n) is 4.17. The molecule has 17 heavy (non-hydrogen) atoms. The van der Waals surface area contributed by atoms with Crippen LogP contribution in [0.1, 0.15) is 31.5 Å². The molecule has 0 bridgehead atoms. The van der Waals surface area contributed by atoms with E-state index in [1.807, 2.05) is 0 Å². The van der Waals surface area contributed by atoms with Gasteiger partial charge in [0.25, 0.3) is 0 Å². The summed E-state index contributed by atoms with van der Waals surface area (Å²) in [6, 6.07) is 0. The highest BCUT2D eigenvalue weighted by molar-refractivity contribution is 5.00. The molecule has 92 valence electrons. The van der Waals surface area contributed by atoms with Crippen molar-refractivity contribution < 1.29 is 4.74 Å². The Morgan fingerprint density at radius 3 is 2.82 bits per heavy atom. The lowest BCUT2D eigenvalue weighted by molar-refractivity contribution is 0.0828. The zero-order valence-electron chi connectivity index (χ0n) is 10.3. The Bertz CT molecular complexity index is 498. The van der Waals surface area contributed by atoms with Crippen molar-refractivity contribution in [2.75, 3.05) is 13.2 Å². The van der Waals surface area contributed by atoms with Gasteiger partial charge < -0.3 is 4.74 Å². The van der Waals surface area contributed by atoms with Crippen LogP contribution in [0.15, 0.2) is 4.79 Å². The van der Waals surface area contributed by atoms with Gasteiger partial charge in [0.15, 0.2) is 0 Å². The minimum absolute atomic E-state index is 0.0887. The third kappa shape index (κ3) is 2.42. The number of rotatable bonds is 2. The SMILES string of the molecule is CC#CCn1nc(C2CCOCC2)n(C)c1=O. The van der Waals surface area contributed by atoms with Gasteiger partial charge in [-0.25, -0.2) is 9.48 Å². The Morgan fingerprint density at radius 1 is 1.47 bits per heavy atom. The molecule has 1 fully saturated rings. The molecule has 0 spiro atoms. The molecule has 2 rings (SSSR count). The number of nitrogens with zero attached hydrogens (tertiary/aromatic N) is 3. The van der Waals surface area contributed by atoms with Crippen molar-refractivity contribution in [3.63, 3.8) is 0 Å². The van der Waals surface area contributed by atoms with Crippen LogP contribution in [0, 0.1) is 11.8 Å². The standard InChI is InChI=1S/C12H17N3O2/c1-3-4-7-15-12(16)14(2)11(13-15)10-5-8-17-9-6-10/h10H,5-9H2,1-2H3. The van der Waals surface area contributed by atoms with Gasteiger partial charge in [-0.3, -0.25) is 4.57 Å². The Kier molecular flexibility index (Phi) is 3.64. The monoisotopic (exact) mass is 235 g/mol. The van der Waals surface area contributed by atoms with Crippen molar-refractivity contribution in [3.05, 3.63) is 16.3 Å². The van der Waals surface area contributed by atoms with Crippen molar-refractivity contribution in [1.82, 2.24) is 14.3 Å². The van der Waals surface area contributed by atoms with Gasteiger partial charge in [-0.2, -0.15) is 5.10 Å². The first-order valence-corrected chi connectivity index (χ1v) is 5.85. The number of ether oxygens (including phenoxy) is 1. The van der Waals surface area contributed by atoms with E-state index in [-0.39, 0.29) is 5.69 Å². The van der Waals surface area contributed by atoms with E-state index in [0.717, 1.165) is 31.9 Å². The zero-order valence-corrected chi connectivity index (χ0v) is 10.3. The highest BCUT2D eigenvalue weighted by atomic mass is 16.5. The minimum Gasteiger partial charge on any atom is -0.381 e. The molecule has 1 saturated heterocycles. The van der Waals surface area contributed by atoms with Gasteiger partial charge in [-0.05, 0) is 19.8 Å². The third-order valence-electron chi connectivity index (χ3n) is 3.07. The van der Waals surface area contributed by atoms with Crippen LogP contribution in [0.5, 0.6) is 0 Å². The lowest BCUT2D eigenvalue weighted by Crippen LogP contribution is -2.24. The topological polar surface area (TPSA) is 49.0 Å². The summed E-state index contributed by atoms with van der Waals surface area (Å²) in [6.45, 7) is 3.63. The van der Waals surface area contributed by atoms with E-state index in [2.05, 4.69) is 16.9 Å². The van der Waals surface area contributed by atoms with E-state index in [4.69, 9.17) is 4.74 Å². The van der Waals surface area contributed by atoms with E-state index in [0.29, 0.717) is 12.5 Å². The highest BCUT2D eigenvalue weighted by Gasteiger charge is 2.22. The molecular weight excluding hydrogens is 218 g/mol. The fourth-order valence-corrected chi connectivity index (χ4v) is 2.07. The first-order chi connectivity index (χ1) is 8.24. The van der Waals surface area contributed by atoms with Gasteiger partial charge in [0.1, 0.15) is 12.4 Å². The lowest BCUT2D eigenvalue weighted by atomic mass is 10.00. The maximum atomic E-state index is 11.9. The maximum Gasteiger partial charge on any atom is 0.346 e. The van der Waals surface area contributed by atoms with E-state index < -0.39 is 0 Å². The van der Waals surface area contributed by atoms with Crippen molar-refractivity contribution in [2.45, 2.75) is 32.2 Å². The van der Waals surface area contributed by atoms with E-state index in [1.54, 1.807) is 18.5 Å². The molecule has 0 saturated carbocycles. The number of hydrogen-bond acceptors (Lipinski definition) is 3. The van der Waals surface area contributed by atoms with Crippen molar-refractivity contribution in [1.29, 1.82) is 0 Å². The summed E-state index contributed by atoms with van der Waals surface area (Å²) in [6.07, 6.45) is 1.87. The van der Waals surface area contributed by atoms with Crippen LogP contribution < -0.4 is 5.69 Å². The van der Waals surface area contributed by atoms with Crippen molar-refractivity contribution >= 4 is 0 Å². The average Bonchev–Trinajstić information content (AvgIpc) is 2.65. The molecular formula is C12H17N3O2. The van der Waals surface area contributed by atoms with Crippen molar-refractivity contribution in [2.24, 2.45) is 7.05 Å². The quantitative estimate of drug-likeness (QED) is 0.701. The van der Waals surface area contributed by atoms with Crippen LogP contribution in [-0.4, -0.2) is 27.6 Å². The van der Waals surface area contributed by atoms with Crippen LogP contribution in [0.2, 0.25) is 0 Å². The summed E-state index contributed by atoms with van der Waals surface area (Å²) in [4.78, 5) is 11.9. The van der Waals surface area contributed by atoms with Gasteiger partial charge in [0, 0.05) is 26.2 Å². The van der Waals surface area contributed by atoms with Crippen LogP contribution >= 0.6 is 0 Å². The Balaban J connectivity index is 2.27. The molecule has 0 aliphatic carbocycles. The molecule has 5 heteroatoms. The molecule has 0 unspecified atom stereocenters. The van der Waals surface area contributed by atoms with E-state index in [9.17, 15) is 4.79 Å². The summed E-state index contributed by atoms with van der Waals surface area (Å²) >= 11 is 0. The van der Waals surface area contributed by atoms with Gasteiger partial charge in [-0.1, -0.05) is 5.92 Å². The second-order valence-corrected chi connectivity index (χ2v) is 4.17. The summed E-state index contributed by atoms with van der Waals surface area (Å²) in [5.74, 6) is 6.82. The predicted molar refractivity (Wildman–Crippen MR) is 63.7 cm³/mol. The van der Waals surface area contributed by atoms with Crippen LogP contribution in [0.3, 0.4) is 0 Å². The average molecular weight is 235 g/mol. The highest BCUT2D eigenvalue weighted by Crippen LogP contribution is 2.23. The zero-order chi connectivity index (χ0) is 12.3. The smallest absolute Gasteiger partial charge is 0.346 e. The summed E-state index contributed by atoms with van der Waals surface area (Å²) < 4.78 is 8.38. The molecule has 0 atom stereocenters. The van der Waals surface area contributed by atoms with Crippen molar-refractivity contribution in [3.8, 4) is 11.8 Å². The predicted octanol–water partition coefficient (Wildman–Crippen LogP) is 0.499. The Morgan fingerprint density at radius 2 is 2.18 bits per heavy atom. The minimum atomic E-state index is -0.0887. The second kappa shape index (κ2) is 5.19. The van der Waals surface area contributed by atoms with Gasteiger partial charge in [0.2, 0.25) is 0 Å². The Hall–Kier alpha value is -1.54. The molecule has 1 aromatic rings. The number of hydrogen-bond donors (Lipinski definition) is 0. The molecule has 1 aromatic heterocycles. The third-order valence-corrected chi connectivity index (χ3v) is 3.07.